The van der Waals surface area contributed by atoms with E-state index < -0.39 is 46.5 Å². The van der Waals surface area contributed by atoms with Gasteiger partial charge in [-0.05, 0) is 23.8 Å². The number of nitrogens with one attached hydrogen (secondary N) is 1. The zero-order valence-electron chi connectivity index (χ0n) is 16.9. The monoisotopic (exact) mass is 483 g/mol. The molecule has 0 saturated heterocycles. The minimum atomic E-state index is -5.63. The molecule has 0 bridgehead atoms. The van der Waals surface area contributed by atoms with Gasteiger partial charge in [-0.25, -0.2) is 22.0 Å². The minimum Gasteiger partial charge on any atom is -0.342 e. The molecule has 3 aromatic carbocycles. The van der Waals surface area contributed by atoms with Crippen molar-refractivity contribution in [1.82, 2.24) is 4.57 Å². The van der Waals surface area contributed by atoms with Gasteiger partial charge in [0.1, 0.15) is 17.1 Å². The van der Waals surface area contributed by atoms with Crippen molar-refractivity contribution in [2.24, 2.45) is 5.10 Å². The van der Waals surface area contributed by atoms with Crippen molar-refractivity contribution >= 4 is 22.8 Å². The van der Waals surface area contributed by atoms with Crippen molar-refractivity contribution in [3.63, 3.8) is 0 Å². The molecule has 0 fully saturated rings. The van der Waals surface area contributed by atoms with E-state index in [1.54, 1.807) is 52.6 Å². The van der Waals surface area contributed by atoms with E-state index in [9.17, 15) is 35.1 Å². The van der Waals surface area contributed by atoms with Gasteiger partial charge >= 0.3 is 6.18 Å². The Morgan fingerprint density at radius 3 is 2.06 bits per heavy atom. The lowest BCUT2D eigenvalue weighted by molar-refractivity contribution is -0.143. The maximum atomic E-state index is 14.0. The molecule has 3 nitrogen and oxygen atoms in total. The average Bonchev–Trinajstić information content (AvgIpc) is 3.13. The van der Waals surface area contributed by atoms with Crippen LogP contribution in [0, 0.1) is 29.1 Å². The average molecular weight is 483 g/mol. The number of anilines is 1. The van der Waals surface area contributed by atoms with Crippen molar-refractivity contribution in [1.29, 1.82) is 0 Å². The van der Waals surface area contributed by atoms with Crippen LogP contribution in [0.1, 0.15) is 16.7 Å². The predicted molar refractivity (Wildman–Crippen MR) is 110 cm³/mol. The van der Waals surface area contributed by atoms with Gasteiger partial charge in [0.05, 0.1) is 6.21 Å². The van der Waals surface area contributed by atoms with Crippen molar-refractivity contribution in [2.45, 2.75) is 12.7 Å². The van der Waals surface area contributed by atoms with Crippen LogP contribution in [0.5, 0.6) is 0 Å². The molecule has 34 heavy (non-hydrogen) atoms. The highest BCUT2D eigenvalue weighted by molar-refractivity contribution is 5.99. The third-order valence-corrected chi connectivity index (χ3v) is 5.01. The Morgan fingerprint density at radius 2 is 1.44 bits per heavy atom. The smallest absolute Gasteiger partial charge is 0.342 e. The van der Waals surface area contributed by atoms with E-state index in [-0.39, 0.29) is 0 Å². The number of benzene rings is 3. The van der Waals surface area contributed by atoms with Crippen molar-refractivity contribution < 1.29 is 35.1 Å². The summed E-state index contributed by atoms with van der Waals surface area (Å²) in [5.41, 5.74) is -0.486. The molecule has 0 aliphatic carbocycles. The second-order valence-electron chi connectivity index (χ2n) is 7.23. The first-order chi connectivity index (χ1) is 16.1. The first-order valence-corrected chi connectivity index (χ1v) is 9.62. The van der Waals surface area contributed by atoms with Crippen molar-refractivity contribution in [3.8, 4) is 0 Å². The molecule has 0 radical (unpaired) electrons. The number of para-hydroxylation sites is 1. The van der Waals surface area contributed by atoms with Crippen LogP contribution in [0.4, 0.5) is 40.8 Å². The normalized spacial score (nSPS) is 12.1. The largest absolute Gasteiger partial charge is 0.422 e. The first kappa shape index (κ1) is 23.3. The highest BCUT2D eigenvalue weighted by atomic mass is 19.4. The van der Waals surface area contributed by atoms with Gasteiger partial charge in [0, 0.05) is 29.2 Å². The lowest BCUT2D eigenvalue weighted by Crippen LogP contribution is -2.16. The lowest BCUT2D eigenvalue weighted by atomic mass is 10.1. The summed E-state index contributed by atoms with van der Waals surface area (Å²) in [5, 5.41) is 4.21. The molecule has 1 N–H and O–H groups in total. The molecule has 0 amide bonds. The SMILES string of the molecule is Fc1ccc(Cn2cc(/C=N\Nc3c(F)c(F)c(C(F)(F)F)c(F)c3F)c3ccccc32)cc1. The quantitative estimate of drug-likeness (QED) is 0.143. The molecule has 0 aliphatic heterocycles. The number of aromatic nitrogens is 1. The molecule has 176 valence electrons. The number of alkyl halides is 3. The van der Waals surface area contributed by atoms with Crippen LogP contribution in [0.3, 0.4) is 0 Å². The van der Waals surface area contributed by atoms with Crippen LogP contribution >= 0.6 is 0 Å². The van der Waals surface area contributed by atoms with Gasteiger partial charge in [-0.1, -0.05) is 30.3 Å². The van der Waals surface area contributed by atoms with Gasteiger partial charge in [0.15, 0.2) is 23.3 Å². The first-order valence-electron chi connectivity index (χ1n) is 9.62. The maximum absolute atomic E-state index is 14.0. The summed E-state index contributed by atoms with van der Waals surface area (Å²) >= 11 is 0. The molecule has 0 spiro atoms. The van der Waals surface area contributed by atoms with Gasteiger partial charge < -0.3 is 4.57 Å². The van der Waals surface area contributed by atoms with Gasteiger partial charge in [0.2, 0.25) is 0 Å². The van der Waals surface area contributed by atoms with E-state index >= 15 is 0 Å². The zero-order valence-corrected chi connectivity index (χ0v) is 16.9. The Labute approximate surface area is 186 Å². The topological polar surface area (TPSA) is 29.3 Å². The number of fused-ring (bicyclic) bond motifs is 1. The number of hydrogen-bond donors (Lipinski definition) is 1. The fourth-order valence-corrected chi connectivity index (χ4v) is 3.44. The highest BCUT2D eigenvalue weighted by Gasteiger charge is 2.42. The van der Waals surface area contributed by atoms with Gasteiger partial charge in [0.25, 0.3) is 0 Å². The van der Waals surface area contributed by atoms with Crippen LogP contribution in [0.2, 0.25) is 0 Å². The van der Waals surface area contributed by atoms with Crippen molar-refractivity contribution in [2.75, 3.05) is 5.43 Å². The number of rotatable bonds is 5. The fourth-order valence-electron chi connectivity index (χ4n) is 3.44. The van der Waals surface area contributed by atoms with E-state index in [2.05, 4.69) is 5.10 Å². The van der Waals surface area contributed by atoms with Crippen LogP contribution in [0.25, 0.3) is 10.9 Å². The summed E-state index contributed by atoms with van der Waals surface area (Å²) in [7, 11) is 0. The Balaban J connectivity index is 1.66. The standard InChI is InChI=1S/C23H13F8N3/c24-14-7-5-12(6-8-14)10-34-11-13(15-3-1-2-4-16(15)34)9-32-33-22-20(27)18(25)17(23(29,30)31)19(26)21(22)28/h1-9,11,33H,10H2/b32-9-. The van der Waals surface area contributed by atoms with E-state index in [1.807, 2.05) is 0 Å². The summed E-state index contributed by atoms with van der Waals surface area (Å²) in [4.78, 5) is 0. The molecule has 1 heterocycles. The second kappa shape index (κ2) is 8.81. The van der Waals surface area contributed by atoms with Gasteiger partial charge in [-0.3, -0.25) is 5.43 Å². The Hall–Kier alpha value is -3.89. The summed E-state index contributed by atoms with van der Waals surface area (Å²) in [6.07, 6.45) is -2.92. The molecule has 4 rings (SSSR count). The van der Waals surface area contributed by atoms with E-state index in [0.717, 1.165) is 17.3 Å². The van der Waals surface area contributed by atoms with Crippen LogP contribution in [-0.2, 0) is 12.7 Å². The molecular weight excluding hydrogens is 470 g/mol. The number of hydrogen-bond acceptors (Lipinski definition) is 2. The Bertz CT molecular complexity index is 1360. The fraction of sp³-hybridized carbons (Fsp3) is 0.0870. The van der Waals surface area contributed by atoms with E-state index in [4.69, 9.17) is 0 Å². The van der Waals surface area contributed by atoms with Crippen molar-refractivity contribution in [3.05, 3.63) is 101 Å². The summed E-state index contributed by atoms with van der Waals surface area (Å²) < 4.78 is 109. The third-order valence-electron chi connectivity index (χ3n) is 5.01. The van der Waals surface area contributed by atoms with E-state index in [1.165, 1.54) is 12.1 Å². The summed E-state index contributed by atoms with van der Waals surface area (Å²) in [5.74, 6) is -10.1. The van der Waals surface area contributed by atoms with Crippen LogP contribution < -0.4 is 5.43 Å². The maximum Gasteiger partial charge on any atom is 0.422 e. The number of halogens is 8. The van der Waals surface area contributed by atoms with Gasteiger partial charge in [-0.2, -0.15) is 18.3 Å². The second-order valence-corrected chi connectivity index (χ2v) is 7.23. The number of nitrogens with zero attached hydrogens (tertiary/aromatic N) is 2. The molecule has 1 aromatic heterocycles. The third kappa shape index (κ3) is 4.33. The molecule has 0 unspecified atom stereocenters. The van der Waals surface area contributed by atoms with Gasteiger partial charge in [-0.15, -0.1) is 0 Å². The predicted octanol–water partition coefficient (Wildman–Crippen LogP) is 6.85. The zero-order chi connectivity index (χ0) is 24.6. The molecule has 11 heteroatoms. The van der Waals surface area contributed by atoms with Crippen LogP contribution in [0.15, 0.2) is 59.8 Å². The molecule has 0 saturated carbocycles. The minimum absolute atomic E-state index is 0.348. The van der Waals surface area contributed by atoms with E-state index in [0.29, 0.717) is 17.5 Å². The molecule has 0 aliphatic rings. The summed E-state index contributed by atoms with van der Waals surface area (Å²) in [6, 6.07) is 12.8. The van der Waals surface area contributed by atoms with Crippen LogP contribution in [-0.4, -0.2) is 10.8 Å². The Morgan fingerprint density at radius 1 is 0.824 bits per heavy atom. The lowest BCUT2D eigenvalue weighted by Gasteiger charge is -2.13. The number of hydrazone groups is 1. The molecular formula is C23H13F8N3. The molecule has 0 atom stereocenters. The highest BCUT2D eigenvalue weighted by Crippen LogP contribution is 2.38. The summed E-state index contributed by atoms with van der Waals surface area (Å²) in [6.45, 7) is 0.348. The molecule has 4 aromatic rings. The Kier molecular flexibility index (Phi) is 6.03.